The Bertz CT molecular complexity index is 1090. The highest BCUT2D eigenvalue weighted by Crippen LogP contribution is 2.39. The van der Waals surface area contributed by atoms with Gasteiger partial charge in [0.05, 0.1) is 30.0 Å². The van der Waals surface area contributed by atoms with Crippen molar-refractivity contribution in [1.82, 2.24) is 24.6 Å². The van der Waals surface area contributed by atoms with E-state index in [1.165, 1.54) is 0 Å². The molecule has 0 spiro atoms. The van der Waals surface area contributed by atoms with Crippen LogP contribution in [0, 0.1) is 12.3 Å². The summed E-state index contributed by atoms with van der Waals surface area (Å²) in [6.07, 6.45) is 3.62. The number of hydrogen-bond acceptors (Lipinski definition) is 5. The molecular weight excluding hydrogens is 445 g/mol. The first-order chi connectivity index (χ1) is 15.9. The van der Waals surface area contributed by atoms with Crippen molar-refractivity contribution in [3.05, 3.63) is 35.9 Å². The Balaban J connectivity index is 1.49. The van der Waals surface area contributed by atoms with Crippen LogP contribution in [0.3, 0.4) is 0 Å². The second kappa shape index (κ2) is 9.03. The quantitative estimate of drug-likeness (QED) is 0.616. The molecule has 7 nitrogen and oxygen atoms in total. The molecule has 0 radical (unpaired) electrons. The molecule has 1 saturated heterocycles. The molecule has 4 heterocycles. The van der Waals surface area contributed by atoms with E-state index in [-0.39, 0.29) is 17.5 Å². The molecule has 2 atom stereocenters. The zero-order valence-electron chi connectivity index (χ0n) is 20.0. The third-order valence-electron chi connectivity index (χ3n) is 6.11. The van der Waals surface area contributed by atoms with Gasteiger partial charge in [0.1, 0.15) is 0 Å². The zero-order valence-corrected chi connectivity index (χ0v) is 20.0. The van der Waals surface area contributed by atoms with Gasteiger partial charge in [-0.25, -0.2) is 9.97 Å². The Morgan fingerprint density at radius 1 is 1.21 bits per heavy atom. The van der Waals surface area contributed by atoms with E-state index in [4.69, 9.17) is 4.98 Å². The summed E-state index contributed by atoms with van der Waals surface area (Å²) in [6, 6.07) is -0.275. The SMILES string of the molecule is Cc1cnc(Nc2cnn(CC(C)(C)C)c2)nc1C1=C[C@H]2CC[C@@H](C1)N2C(=O)CCC(F)(F)F. The molecule has 0 aromatic carbocycles. The normalized spacial score (nSPS) is 20.4. The predicted octanol–water partition coefficient (Wildman–Crippen LogP) is 5.26. The number of rotatable bonds is 6. The summed E-state index contributed by atoms with van der Waals surface area (Å²) in [6.45, 7) is 9.15. The van der Waals surface area contributed by atoms with Crippen LogP contribution < -0.4 is 5.32 Å². The first kappa shape index (κ1) is 24.2. The second-order valence-corrected chi connectivity index (χ2v) is 10.4. The summed E-state index contributed by atoms with van der Waals surface area (Å²) in [5, 5.41) is 7.60. The molecule has 2 aromatic heterocycles. The molecule has 0 unspecified atom stereocenters. The summed E-state index contributed by atoms with van der Waals surface area (Å²) >= 11 is 0. The maximum Gasteiger partial charge on any atom is 0.389 e. The zero-order chi connectivity index (χ0) is 24.7. The largest absolute Gasteiger partial charge is 0.389 e. The number of nitrogens with one attached hydrogen (secondary N) is 1. The Hall–Kier alpha value is -2.91. The fraction of sp³-hybridized carbons (Fsp3) is 0.583. The van der Waals surface area contributed by atoms with Crippen LogP contribution >= 0.6 is 0 Å². The first-order valence-corrected chi connectivity index (χ1v) is 11.6. The topological polar surface area (TPSA) is 75.9 Å². The van der Waals surface area contributed by atoms with Crippen LogP contribution in [-0.4, -0.2) is 48.8 Å². The van der Waals surface area contributed by atoms with Crippen molar-refractivity contribution >= 4 is 23.1 Å². The van der Waals surface area contributed by atoms with Crippen molar-refractivity contribution in [3.8, 4) is 0 Å². The highest BCUT2D eigenvalue weighted by molar-refractivity contribution is 5.80. The smallest absolute Gasteiger partial charge is 0.333 e. The minimum Gasteiger partial charge on any atom is -0.333 e. The lowest BCUT2D eigenvalue weighted by molar-refractivity contribution is -0.150. The lowest BCUT2D eigenvalue weighted by Gasteiger charge is -2.34. The molecule has 4 rings (SSSR count). The number of halogens is 3. The van der Waals surface area contributed by atoms with Gasteiger partial charge in [0.25, 0.3) is 0 Å². The van der Waals surface area contributed by atoms with Gasteiger partial charge >= 0.3 is 6.18 Å². The third-order valence-corrected chi connectivity index (χ3v) is 6.11. The number of hydrogen-bond donors (Lipinski definition) is 1. The van der Waals surface area contributed by atoms with Gasteiger partial charge in [-0.1, -0.05) is 26.8 Å². The van der Waals surface area contributed by atoms with E-state index < -0.39 is 24.9 Å². The summed E-state index contributed by atoms with van der Waals surface area (Å²) in [7, 11) is 0. The lowest BCUT2D eigenvalue weighted by atomic mass is 9.96. The van der Waals surface area contributed by atoms with Crippen molar-refractivity contribution < 1.29 is 18.0 Å². The summed E-state index contributed by atoms with van der Waals surface area (Å²) in [5.74, 6) is 0.0296. The van der Waals surface area contributed by atoms with Crippen LogP contribution in [0.5, 0.6) is 0 Å². The molecular formula is C24H31F3N6O. The Kier molecular flexibility index (Phi) is 6.44. The monoisotopic (exact) mass is 476 g/mol. The average molecular weight is 477 g/mol. The summed E-state index contributed by atoms with van der Waals surface area (Å²) in [5.41, 5.74) is 3.62. The van der Waals surface area contributed by atoms with Crippen molar-refractivity contribution in [2.75, 3.05) is 5.32 Å². The minimum atomic E-state index is -4.32. The lowest BCUT2D eigenvalue weighted by Crippen LogP contribution is -2.43. The number of carbonyl (C=O) groups is 1. The van der Waals surface area contributed by atoms with E-state index in [0.717, 1.165) is 41.9 Å². The first-order valence-electron chi connectivity index (χ1n) is 11.6. The molecule has 2 aliphatic heterocycles. The van der Waals surface area contributed by atoms with E-state index in [9.17, 15) is 18.0 Å². The number of amides is 1. The van der Waals surface area contributed by atoms with Crippen LogP contribution in [0.4, 0.5) is 24.8 Å². The average Bonchev–Trinajstić information content (AvgIpc) is 3.26. The molecule has 1 fully saturated rings. The van der Waals surface area contributed by atoms with E-state index in [1.54, 1.807) is 17.3 Å². The third kappa shape index (κ3) is 5.77. The second-order valence-electron chi connectivity index (χ2n) is 10.4. The standard InChI is InChI=1S/C24H31F3N6O/c1-15-11-28-22(30-17-12-29-32(13-17)14-23(2,3)4)31-21(15)16-9-18-5-6-19(10-16)33(18)20(34)7-8-24(25,26)27/h9,11-13,18-19H,5-8,10,14H2,1-4H3,(H,28,30,31)/t18-,19+/m1/s1. The predicted molar refractivity (Wildman–Crippen MR) is 123 cm³/mol. The number of carbonyl (C=O) groups excluding carboxylic acids is 1. The number of nitrogens with zero attached hydrogens (tertiary/aromatic N) is 5. The highest BCUT2D eigenvalue weighted by atomic mass is 19.4. The van der Waals surface area contributed by atoms with Gasteiger partial charge < -0.3 is 10.2 Å². The van der Waals surface area contributed by atoms with E-state index in [2.05, 4.69) is 36.2 Å². The van der Waals surface area contributed by atoms with Crippen LogP contribution in [0.15, 0.2) is 24.7 Å². The Morgan fingerprint density at radius 2 is 1.97 bits per heavy atom. The van der Waals surface area contributed by atoms with E-state index in [0.29, 0.717) is 12.4 Å². The van der Waals surface area contributed by atoms with E-state index in [1.807, 2.05) is 23.9 Å². The van der Waals surface area contributed by atoms with Crippen molar-refractivity contribution in [2.45, 2.75) is 84.6 Å². The maximum absolute atomic E-state index is 12.6. The number of anilines is 2. The van der Waals surface area contributed by atoms with Crippen LogP contribution in [0.1, 0.15) is 64.1 Å². The van der Waals surface area contributed by atoms with Gasteiger partial charge in [-0.05, 0) is 42.7 Å². The molecule has 2 aromatic rings. The van der Waals surface area contributed by atoms with Gasteiger partial charge in [0, 0.05) is 31.4 Å². The van der Waals surface area contributed by atoms with Crippen molar-refractivity contribution in [1.29, 1.82) is 0 Å². The Morgan fingerprint density at radius 3 is 2.65 bits per heavy atom. The fourth-order valence-corrected chi connectivity index (χ4v) is 4.73. The molecule has 34 heavy (non-hydrogen) atoms. The number of aryl methyl sites for hydroxylation is 1. The molecule has 10 heteroatoms. The van der Waals surface area contributed by atoms with Gasteiger partial charge in [-0.15, -0.1) is 0 Å². The number of fused-ring (bicyclic) bond motifs is 2. The molecule has 0 saturated carbocycles. The van der Waals surface area contributed by atoms with Crippen LogP contribution in [-0.2, 0) is 11.3 Å². The molecule has 0 aliphatic carbocycles. The Labute approximate surface area is 197 Å². The van der Waals surface area contributed by atoms with Crippen molar-refractivity contribution in [2.24, 2.45) is 5.41 Å². The van der Waals surface area contributed by atoms with Crippen LogP contribution in [0.25, 0.3) is 5.57 Å². The molecule has 1 N–H and O–H groups in total. The van der Waals surface area contributed by atoms with Gasteiger partial charge in [-0.2, -0.15) is 18.3 Å². The van der Waals surface area contributed by atoms with Crippen molar-refractivity contribution in [3.63, 3.8) is 0 Å². The molecule has 1 amide bonds. The van der Waals surface area contributed by atoms with Gasteiger partial charge in [0.2, 0.25) is 11.9 Å². The van der Waals surface area contributed by atoms with E-state index >= 15 is 0 Å². The molecule has 184 valence electrons. The summed E-state index contributed by atoms with van der Waals surface area (Å²) < 4.78 is 39.6. The molecule has 2 aliphatic rings. The van der Waals surface area contributed by atoms with Crippen LogP contribution in [0.2, 0.25) is 0 Å². The van der Waals surface area contributed by atoms with Gasteiger partial charge in [0.15, 0.2) is 0 Å². The summed E-state index contributed by atoms with van der Waals surface area (Å²) in [4.78, 5) is 23.3. The number of aromatic nitrogens is 4. The fourth-order valence-electron chi connectivity index (χ4n) is 4.73. The molecule has 2 bridgehead atoms. The number of alkyl halides is 3. The maximum atomic E-state index is 12.6. The van der Waals surface area contributed by atoms with Gasteiger partial charge in [-0.3, -0.25) is 9.48 Å². The minimum absolute atomic E-state index is 0.0906. The highest BCUT2D eigenvalue weighted by Gasteiger charge is 2.41.